The van der Waals surface area contributed by atoms with Crippen LogP contribution in [0.3, 0.4) is 0 Å². The fraction of sp³-hybridized carbons (Fsp3) is 0.500. The van der Waals surface area contributed by atoms with Gasteiger partial charge in [-0.15, -0.1) is 11.3 Å². The Labute approximate surface area is 131 Å². The molecule has 0 aliphatic heterocycles. The summed E-state index contributed by atoms with van der Waals surface area (Å²) in [5, 5.41) is 0.944. The molecule has 1 aromatic rings. The first-order valence-electron chi connectivity index (χ1n) is 4.35. The summed E-state index contributed by atoms with van der Waals surface area (Å²) >= 11 is 19.1. The van der Waals surface area contributed by atoms with Crippen LogP contribution < -0.4 is 4.72 Å². The van der Waals surface area contributed by atoms with E-state index >= 15 is 0 Å². The highest BCUT2D eigenvalue weighted by Gasteiger charge is 2.31. The third-order valence-corrected chi connectivity index (χ3v) is 7.75. The maximum Gasteiger partial charge on any atom is 0.243 e. The van der Waals surface area contributed by atoms with Gasteiger partial charge in [0.25, 0.3) is 0 Å². The third-order valence-electron chi connectivity index (χ3n) is 1.89. The summed E-state index contributed by atoms with van der Waals surface area (Å²) in [5.74, 6) is 0. The van der Waals surface area contributed by atoms with E-state index in [9.17, 15) is 8.42 Å². The molecule has 1 rings (SSSR count). The van der Waals surface area contributed by atoms with Gasteiger partial charge in [0.05, 0.1) is 4.34 Å². The summed E-state index contributed by atoms with van der Waals surface area (Å²) < 4.78 is 27.3. The van der Waals surface area contributed by atoms with Crippen molar-refractivity contribution in [1.82, 2.24) is 4.72 Å². The number of halogens is 4. The van der Waals surface area contributed by atoms with E-state index in [0.717, 1.165) is 11.3 Å². The largest absolute Gasteiger partial charge is 0.243 e. The van der Waals surface area contributed by atoms with Crippen LogP contribution in [0, 0.1) is 0 Å². The first-order valence-corrected chi connectivity index (χ1v) is 9.65. The molecule has 0 atom stereocenters. The molecule has 1 heterocycles. The topological polar surface area (TPSA) is 46.2 Å². The normalized spacial score (nSPS) is 13.0. The number of hydrogen-bond donors (Lipinski definition) is 1. The fourth-order valence-corrected chi connectivity index (χ4v) is 6.11. The van der Waals surface area contributed by atoms with E-state index in [0.29, 0.717) is 15.0 Å². The SMILES string of the molecule is CC(CBr)(CBr)NS(=O)(=O)c1cc(Cl)sc1Cl. The van der Waals surface area contributed by atoms with Crippen molar-refractivity contribution in [2.24, 2.45) is 0 Å². The smallest absolute Gasteiger partial charge is 0.207 e. The van der Waals surface area contributed by atoms with Crippen LogP contribution >= 0.6 is 66.4 Å². The lowest BCUT2D eigenvalue weighted by molar-refractivity contribution is 0.509. The standard InChI is InChI=1S/C8H9Br2Cl2NO2S2/c1-8(3-9,4-10)13-17(14,15)5-2-6(11)16-7(5)12/h2,13H,3-4H2,1H3. The number of alkyl halides is 2. The monoisotopic (exact) mass is 443 g/mol. The molecule has 17 heavy (non-hydrogen) atoms. The van der Waals surface area contributed by atoms with Crippen molar-refractivity contribution in [3.63, 3.8) is 0 Å². The Morgan fingerprint density at radius 3 is 2.29 bits per heavy atom. The maximum absolute atomic E-state index is 12.1. The van der Waals surface area contributed by atoms with Gasteiger partial charge >= 0.3 is 0 Å². The summed E-state index contributed by atoms with van der Waals surface area (Å²) in [4.78, 5) is 0.0160. The molecule has 0 aliphatic carbocycles. The highest BCUT2D eigenvalue weighted by atomic mass is 79.9. The molecule has 9 heteroatoms. The number of thiophene rings is 1. The van der Waals surface area contributed by atoms with Crippen molar-refractivity contribution in [3.8, 4) is 0 Å². The summed E-state index contributed by atoms with van der Waals surface area (Å²) in [5.41, 5.74) is -0.628. The van der Waals surface area contributed by atoms with E-state index in [4.69, 9.17) is 23.2 Å². The van der Waals surface area contributed by atoms with Crippen LogP contribution in [0.15, 0.2) is 11.0 Å². The molecule has 1 aromatic heterocycles. The van der Waals surface area contributed by atoms with Gasteiger partial charge in [-0.2, -0.15) is 0 Å². The molecule has 3 nitrogen and oxygen atoms in total. The molecule has 0 saturated heterocycles. The fourth-order valence-electron chi connectivity index (χ4n) is 0.978. The highest BCUT2D eigenvalue weighted by Crippen LogP contribution is 2.34. The Hall–Kier alpha value is 1.15. The second-order valence-corrected chi connectivity index (χ2v) is 8.68. The predicted molar refractivity (Wildman–Crippen MR) is 80.7 cm³/mol. The first-order chi connectivity index (χ1) is 7.74. The highest BCUT2D eigenvalue weighted by molar-refractivity contribution is 9.09. The summed E-state index contributed by atoms with van der Waals surface area (Å²) in [6, 6.07) is 1.35. The van der Waals surface area contributed by atoms with Gasteiger partial charge in [0.15, 0.2) is 0 Å². The van der Waals surface area contributed by atoms with Gasteiger partial charge < -0.3 is 0 Å². The molecule has 0 spiro atoms. The number of hydrogen-bond acceptors (Lipinski definition) is 3. The minimum Gasteiger partial charge on any atom is -0.207 e. The van der Waals surface area contributed by atoms with Gasteiger partial charge in [0.2, 0.25) is 10.0 Å². The van der Waals surface area contributed by atoms with Crippen molar-refractivity contribution in [2.75, 3.05) is 10.7 Å². The molecule has 0 unspecified atom stereocenters. The van der Waals surface area contributed by atoms with Gasteiger partial charge in [-0.05, 0) is 13.0 Å². The molecule has 0 saturated carbocycles. The molecule has 0 fully saturated rings. The van der Waals surface area contributed by atoms with Gasteiger partial charge in [-0.1, -0.05) is 55.1 Å². The van der Waals surface area contributed by atoms with Gasteiger partial charge in [0, 0.05) is 16.2 Å². The Morgan fingerprint density at radius 2 is 1.94 bits per heavy atom. The molecular weight excluding hydrogens is 437 g/mol. The zero-order chi connectivity index (χ0) is 13.3. The van der Waals surface area contributed by atoms with Gasteiger partial charge in [0.1, 0.15) is 9.23 Å². The van der Waals surface area contributed by atoms with Crippen molar-refractivity contribution >= 4 is 76.4 Å². The van der Waals surface area contributed by atoms with Gasteiger partial charge in [-0.25, -0.2) is 13.1 Å². The zero-order valence-corrected chi connectivity index (χ0v) is 15.0. The third kappa shape index (κ3) is 4.06. The zero-order valence-electron chi connectivity index (χ0n) is 8.64. The van der Waals surface area contributed by atoms with E-state index in [1.54, 1.807) is 6.92 Å². The van der Waals surface area contributed by atoms with Crippen LogP contribution in [-0.4, -0.2) is 24.6 Å². The Kier molecular flexibility index (Phi) is 5.78. The average Bonchev–Trinajstić information content (AvgIpc) is 2.58. The molecule has 0 aliphatic rings. The van der Waals surface area contributed by atoms with Crippen molar-refractivity contribution in [2.45, 2.75) is 17.4 Å². The molecule has 0 radical (unpaired) electrons. The van der Waals surface area contributed by atoms with E-state index < -0.39 is 15.6 Å². The second-order valence-electron chi connectivity index (χ2n) is 3.62. The molecule has 0 bridgehead atoms. The first kappa shape index (κ1) is 16.2. The number of sulfonamides is 1. The molecule has 98 valence electrons. The van der Waals surface area contributed by atoms with Crippen LogP contribution in [0.25, 0.3) is 0 Å². The molecular formula is C8H9Br2Cl2NO2S2. The van der Waals surface area contributed by atoms with Crippen molar-refractivity contribution in [3.05, 3.63) is 14.7 Å². The predicted octanol–water partition coefficient (Wildman–Crippen LogP) is 3.88. The summed E-state index contributed by atoms with van der Waals surface area (Å²) in [6.07, 6.45) is 0. The quantitative estimate of drug-likeness (QED) is 0.699. The summed E-state index contributed by atoms with van der Waals surface area (Å²) in [6.45, 7) is 1.77. The lowest BCUT2D eigenvalue weighted by Gasteiger charge is -2.25. The average molecular weight is 446 g/mol. The van der Waals surface area contributed by atoms with Crippen LogP contribution in [0.1, 0.15) is 6.92 Å². The van der Waals surface area contributed by atoms with Crippen LogP contribution in [0.5, 0.6) is 0 Å². The molecule has 0 amide bonds. The Bertz CT molecular complexity index is 500. The minimum atomic E-state index is -3.67. The molecule has 0 aromatic carbocycles. The number of nitrogens with one attached hydrogen (secondary N) is 1. The van der Waals surface area contributed by atoms with E-state index in [2.05, 4.69) is 36.6 Å². The van der Waals surface area contributed by atoms with E-state index in [1.807, 2.05) is 0 Å². The van der Waals surface area contributed by atoms with Crippen LogP contribution in [0.4, 0.5) is 0 Å². The Balaban J connectivity index is 3.09. The minimum absolute atomic E-state index is 0.0160. The number of rotatable bonds is 5. The lowest BCUT2D eigenvalue weighted by atomic mass is 10.1. The van der Waals surface area contributed by atoms with Crippen LogP contribution in [-0.2, 0) is 10.0 Å². The second kappa shape index (κ2) is 6.07. The van der Waals surface area contributed by atoms with E-state index in [-0.39, 0.29) is 9.23 Å². The molecule has 1 N–H and O–H groups in total. The maximum atomic E-state index is 12.1. The lowest BCUT2D eigenvalue weighted by Crippen LogP contribution is -2.48. The Morgan fingerprint density at radius 1 is 1.41 bits per heavy atom. The van der Waals surface area contributed by atoms with Crippen molar-refractivity contribution in [1.29, 1.82) is 0 Å². The summed E-state index contributed by atoms with van der Waals surface area (Å²) in [7, 11) is -3.67. The van der Waals surface area contributed by atoms with Crippen molar-refractivity contribution < 1.29 is 8.42 Å². The van der Waals surface area contributed by atoms with E-state index in [1.165, 1.54) is 6.07 Å². The van der Waals surface area contributed by atoms with Gasteiger partial charge in [-0.3, -0.25) is 0 Å². The van der Waals surface area contributed by atoms with Crippen LogP contribution in [0.2, 0.25) is 8.67 Å².